The second kappa shape index (κ2) is 6.75. The van der Waals surface area contributed by atoms with Crippen LogP contribution in [0.15, 0.2) is 24.3 Å². The van der Waals surface area contributed by atoms with Crippen LogP contribution in [0.5, 0.6) is 5.75 Å². The Bertz CT molecular complexity index is 453. The zero-order valence-corrected chi connectivity index (χ0v) is 12.2. The van der Waals surface area contributed by atoms with Crippen molar-refractivity contribution in [3.8, 4) is 5.75 Å². The minimum absolute atomic E-state index is 0.0535. The average molecular weight is 277 g/mol. The van der Waals surface area contributed by atoms with Crippen LogP contribution in [0.2, 0.25) is 0 Å². The van der Waals surface area contributed by atoms with Crippen molar-refractivity contribution in [3.05, 3.63) is 29.8 Å². The lowest BCUT2D eigenvalue weighted by atomic mass is 10.1. The molecule has 1 aromatic rings. The van der Waals surface area contributed by atoms with Crippen molar-refractivity contribution in [2.24, 2.45) is 5.92 Å². The van der Waals surface area contributed by atoms with E-state index in [1.807, 2.05) is 26.0 Å². The van der Waals surface area contributed by atoms with Crippen molar-refractivity contribution < 1.29 is 14.6 Å². The molecular formula is C16H23NO3. The Morgan fingerprint density at radius 2 is 2.20 bits per heavy atom. The number of aromatic hydroxyl groups is 1. The van der Waals surface area contributed by atoms with Gasteiger partial charge in [-0.2, -0.15) is 0 Å². The number of carbonyl (C=O) groups excluding carboxylic acids is 1. The second-order valence-electron chi connectivity index (χ2n) is 5.64. The highest BCUT2D eigenvalue weighted by molar-refractivity contribution is 5.78. The molecule has 0 spiro atoms. The molecule has 20 heavy (non-hydrogen) atoms. The number of phenolic OH excluding ortho intramolecular Hbond substituents is 1. The fourth-order valence-electron chi connectivity index (χ4n) is 2.48. The van der Waals surface area contributed by atoms with Gasteiger partial charge in [0.1, 0.15) is 5.75 Å². The highest BCUT2D eigenvalue weighted by Crippen LogP contribution is 2.21. The van der Waals surface area contributed by atoms with E-state index in [1.165, 1.54) is 0 Å². The van der Waals surface area contributed by atoms with Crippen LogP contribution in [0.1, 0.15) is 32.3 Å². The van der Waals surface area contributed by atoms with E-state index < -0.39 is 0 Å². The van der Waals surface area contributed by atoms with Gasteiger partial charge in [-0.3, -0.25) is 4.79 Å². The van der Waals surface area contributed by atoms with Crippen molar-refractivity contribution >= 4 is 5.91 Å². The molecule has 0 aromatic heterocycles. The van der Waals surface area contributed by atoms with Crippen LogP contribution in [0.4, 0.5) is 0 Å². The Morgan fingerprint density at radius 3 is 2.80 bits per heavy atom. The minimum atomic E-state index is -0.0535. The summed E-state index contributed by atoms with van der Waals surface area (Å²) in [7, 11) is 0. The number of amides is 1. The molecule has 0 saturated carbocycles. The first-order valence-corrected chi connectivity index (χ1v) is 7.25. The topological polar surface area (TPSA) is 49.8 Å². The number of ether oxygens (including phenoxy) is 1. The van der Waals surface area contributed by atoms with Crippen molar-refractivity contribution in [1.29, 1.82) is 0 Å². The van der Waals surface area contributed by atoms with Crippen LogP contribution in [0, 0.1) is 5.92 Å². The van der Waals surface area contributed by atoms with Crippen LogP contribution in [-0.4, -0.2) is 35.2 Å². The van der Waals surface area contributed by atoms with E-state index in [1.54, 1.807) is 17.0 Å². The predicted molar refractivity (Wildman–Crippen MR) is 77.3 cm³/mol. The quantitative estimate of drug-likeness (QED) is 0.900. The van der Waals surface area contributed by atoms with Crippen molar-refractivity contribution in [2.75, 3.05) is 13.2 Å². The Morgan fingerprint density at radius 1 is 1.45 bits per heavy atom. The highest BCUT2D eigenvalue weighted by atomic mass is 16.5. The Balaban J connectivity index is 2.09. The molecule has 0 bridgehead atoms. The molecule has 0 aliphatic carbocycles. The predicted octanol–water partition coefficient (Wildman–Crippen LogP) is 2.56. The molecular weight excluding hydrogens is 254 g/mol. The summed E-state index contributed by atoms with van der Waals surface area (Å²) in [5.74, 6) is 0.285. The van der Waals surface area contributed by atoms with Crippen molar-refractivity contribution in [1.82, 2.24) is 4.90 Å². The number of carbonyl (C=O) groups is 1. The molecule has 1 unspecified atom stereocenters. The molecule has 0 radical (unpaired) electrons. The lowest BCUT2D eigenvalue weighted by Crippen LogP contribution is -2.39. The van der Waals surface area contributed by atoms with Crippen LogP contribution < -0.4 is 0 Å². The number of rotatable bonds is 5. The molecule has 1 N–H and O–H groups in total. The Labute approximate surface area is 120 Å². The third kappa shape index (κ3) is 3.73. The van der Waals surface area contributed by atoms with Gasteiger partial charge in [-0.25, -0.2) is 0 Å². The summed E-state index contributed by atoms with van der Waals surface area (Å²) in [6.07, 6.45) is 2.19. The van der Waals surface area contributed by atoms with Gasteiger partial charge in [-0.15, -0.1) is 0 Å². The number of nitrogens with zero attached hydrogens (tertiary/aromatic N) is 1. The third-order valence-electron chi connectivity index (χ3n) is 3.61. The largest absolute Gasteiger partial charge is 0.508 e. The summed E-state index contributed by atoms with van der Waals surface area (Å²) in [6.45, 7) is 5.62. The first-order valence-electron chi connectivity index (χ1n) is 7.25. The standard InChI is InChI=1S/C16H23NO3/c1-12(2)16(19)17(11-14-7-5-9-20-14)10-13-6-3-4-8-15(13)18/h3-4,6,8,12,14,18H,5,7,9-11H2,1-2H3. The molecule has 1 amide bonds. The molecule has 1 fully saturated rings. The summed E-state index contributed by atoms with van der Waals surface area (Å²) in [5, 5.41) is 9.87. The summed E-state index contributed by atoms with van der Waals surface area (Å²) < 4.78 is 5.62. The molecule has 4 nitrogen and oxygen atoms in total. The molecule has 1 atom stereocenters. The average Bonchev–Trinajstić information content (AvgIpc) is 2.92. The fraction of sp³-hybridized carbons (Fsp3) is 0.562. The van der Waals surface area contributed by atoms with E-state index in [-0.39, 0.29) is 23.7 Å². The van der Waals surface area contributed by atoms with Gasteiger partial charge in [-0.05, 0) is 18.9 Å². The van der Waals surface area contributed by atoms with Gasteiger partial charge in [0.15, 0.2) is 0 Å². The maximum atomic E-state index is 12.3. The molecule has 1 aromatic carbocycles. The van der Waals surface area contributed by atoms with Gasteiger partial charge < -0.3 is 14.7 Å². The number of hydrogen-bond acceptors (Lipinski definition) is 3. The highest BCUT2D eigenvalue weighted by Gasteiger charge is 2.24. The third-order valence-corrected chi connectivity index (χ3v) is 3.61. The Kier molecular flexibility index (Phi) is 5.01. The smallest absolute Gasteiger partial charge is 0.225 e. The summed E-state index contributed by atoms with van der Waals surface area (Å²) in [6, 6.07) is 7.16. The summed E-state index contributed by atoms with van der Waals surface area (Å²) >= 11 is 0. The molecule has 4 heteroatoms. The number of phenols is 1. The summed E-state index contributed by atoms with van der Waals surface area (Å²) in [5.41, 5.74) is 0.777. The molecule has 1 heterocycles. The molecule has 110 valence electrons. The van der Waals surface area contributed by atoms with Crippen LogP contribution in [-0.2, 0) is 16.1 Å². The van der Waals surface area contributed by atoms with Gasteiger partial charge in [0.25, 0.3) is 0 Å². The monoisotopic (exact) mass is 277 g/mol. The van der Waals surface area contributed by atoms with E-state index in [0.29, 0.717) is 13.1 Å². The van der Waals surface area contributed by atoms with Gasteiger partial charge in [0.2, 0.25) is 5.91 Å². The van der Waals surface area contributed by atoms with E-state index in [2.05, 4.69) is 0 Å². The molecule has 2 rings (SSSR count). The first-order chi connectivity index (χ1) is 9.58. The fourth-order valence-corrected chi connectivity index (χ4v) is 2.48. The van der Waals surface area contributed by atoms with Crippen LogP contribution >= 0.6 is 0 Å². The van der Waals surface area contributed by atoms with Gasteiger partial charge >= 0.3 is 0 Å². The van der Waals surface area contributed by atoms with Crippen molar-refractivity contribution in [3.63, 3.8) is 0 Å². The molecule has 1 aliphatic heterocycles. The first kappa shape index (κ1) is 14.9. The maximum Gasteiger partial charge on any atom is 0.225 e. The Hall–Kier alpha value is -1.55. The zero-order chi connectivity index (χ0) is 14.5. The second-order valence-corrected chi connectivity index (χ2v) is 5.64. The zero-order valence-electron chi connectivity index (χ0n) is 12.2. The van der Waals surface area contributed by atoms with Crippen LogP contribution in [0.25, 0.3) is 0 Å². The SMILES string of the molecule is CC(C)C(=O)N(Cc1ccccc1O)CC1CCCO1. The van der Waals surface area contributed by atoms with E-state index in [0.717, 1.165) is 25.0 Å². The number of para-hydroxylation sites is 1. The number of benzene rings is 1. The number of hydrogen-bond donors (Lipinski definition) is 1. The van der Waals surface area contributed by atoms with Crippen LogP contribution in [0.3, 0.4) is 0 Å². The molecule has 1 saturated heterocycles. The lowest BCUT2D eigenvalue weighted by Gasteiger charge is -2.27. The minimum Gasteiger partial charge on any atom is -0.508 e. The van der Waals surface area contributed by atoms with Gasteiger partial charge in [-0.1, -0.05) is 32.0 Å². The normalized spacial score (nSPS) is 18.4. The maximum absolute atomic E-state index is 12.3. The lowest BCUT2D eigenvalue weighted by molar-refractivity contribution is -0.136. The summed E-state index contributed by atoms with van der Waals surface area (Å²) in [4.78, 5) is 14.1. The van der Waals surface area contributed by atoms with E-state index in [4.69, 9.17) is 4.74 Å². The van der Waals surface area contributed by atoms with Gasteiger partial charge in [0, 0.05) is 31.2 Å². The molecule has 1 aliphatic rings. The van der Waals surface area contributed by atoms with E-state index >= 15 is 0 Å². The van der Waals surface area contributed by atoms with Gasteiger partial charge in [0.05, 0.1) is 6.10 Å². The van der Waals surface area contributed by atoms with E-state index in [9.17, 15) is 9.90 Å². The van der Waals surface area contributed by atoms with Crippen molar-refractivity contribution in [2.45, 2.75) is 39.3 Å².